The molecule has 4 aliphatic carbocycles. The Balaban J connectivity index is 1.09. The molecule has 0 spiro atoms. The summed E-state index contributed by atoms with van der Waals surface area (Å²) in [6.07, 6.45) is 8.33. The summed E-state index contributed by atoms with van der Waals surface area (Å²) in [7, 11) is 1.65. The maximum absolute atomic E-state index is 13.7. The quantitative estimate of drug-likeness (QED) is 0.495. The second-order valence-electron chi connectivity index (χ2n) is 11.9. The molecule has 0 saturated heterocycles. The van der Waals surface area contributed by atoms with Gasteiger partial charge in [-0.25, -0.2) is 14.8 Å². The number of carbonyl (C=O) groups excluding carboxylic acids is 2. The van der Waals surface area contributed by atoms with Gasteiger partial charge in [0.15, 0.2) is 0 Å². The largest absolute Gasteiger partial charge is 0.497 e. The topological polar surface area (TPSA) is 114 Å². The molecule has 2 heterocycles. The Hall–Kier alpha value is -4.14. The van der Waals surface area contributed by atoms with Crippen LogP contribution in [0.25, 0.3) is 11.1 Å². The van der Waals surface area contributed by atoms with Crippen LogP contribution in [0.15, 0.2) is 60.9 Å². The van der Waals surface area contributed by atoms with Crippen LogP contribution in [0.5, 0.6) is 5.75 Å². The number of carbonyl (C=O) groups is 2. The number of benzene rings is 2. The summed E-state index contributed by atoms with van der Waals surface area (Å²) >= 11 is 0. The molecule has 2 aromatic carbocycles. The van der Waals surface area contributed by atoms with E-state index in [1.54, 1.807) is 7.11 Å². The van der Waals surface area contributed by atoms with Crippen LogP contribution in [-0.2, 0) is 4.79 Å². The number of hydrogen-bond donors (Lipinski definition) is 2. The van der Waals surface area contributed by atoms with Crippen LogP contribution in [0.4, 0.5) is 22.1 Å². The lowest BCUT2D eigenvalue weighted by molar-refractivity contribution is -0.145. The number of hydrogen-bond acceptors (Lipinski definition) is 6. The maximum atomic E-state index is 13.7. The monoisotopic (exact) mass is 538 g/mol. The van der Waals surface area contributed by atoms with E-state index in [1.807, 2.05) is 65.8 Å². The third-order valence-corrected chi connectivity index (χ3v) is 9.64. The second-order valence-corrected chi connectivity index (χ2v) is 11.9. The number of nitrogens with two attached hydrogens (primary N) is 1. The van der Waals surface area contributed by atoms with E-state index in [9.17, 15) is 9.59 Å². The molecular formula is C31H34N6O3. The standard InChI is InChI=1S/C31H34N6O3/c1-40-24-8-6-20(7-9-24)23-17-33-29(34-18-23)36-10-11-37(26-5-3-2-4-25(26)36)30(39)35-27-21-12-19-13-22(27)16-31(14-19,15-21)28(32)38/h2-9,17-19,21-22,27H,10-16H2,1H3,(H2,32,38)(H,35,39)/t19?,21-,22+,27?,31?. The predicted octanol–water partition coefficient (Wildman–Crippen LogP) is 4.50. The van der Waals surface area contributed by atoms with Crippen LogP contribution in [0.3, 0.4) is 0 Å². The van der Waals surface area contributed by atoms with E-state index in [0.29, 0.717) is 36.8 Å². The summed E-state index contributed by atoms with van der Waals surface area (Å²) < 4.78 is 5.26. The van der Waals surface area contributed by atoms with Gasteiger partial charge in [0, 0.05) is 42.5 Å². The van der Waals surface area contributed by atoms with Crippen molar-refractivity contribution < 1.29 is 14.3 Å². The molecule has 5 aliphatic rings. The third-order valence-electron chi connectivity index (χ3n) is 9.64. The molecule has 8 rings (SSSR count). The zero-order valence-electron chi connectivity index (χ0n) is 22.6. The van der Waals surface area contributed by atoms with E-state index >= 15 is 0 Å². The highest BCUT2D eigenvalue weighted by molar-refractivity contribution is 5.98. The van der Waals surface area contributed by atoms with Gasteiger partial charge in [0.1, 0.15) is 5.75 Å². The number of methoxy groups -OCH3 is 1. The Bertz CT molecular complexity index is 1430. The Morgan fingerprint density at radius 1 is 0.925 bits per heavy atom. The summed E-state index contributed by atoms with van der Waals surface area (Å²) in [6, 6.07) is 15.7. The molecule has 3 aromatic rings. The number of amides is 3. The predicted molar refractivity (Wildman–Crippen MR) is 152 cm³/mol. The molecule has 3 unspecified atom stereocenters. The normalized spacial score (nSPS) is 28.2. The highest BCUT2D eigenvalue weighted by Crippen LogP contribution is 2.60. The lowest BCUT2D eigenvalue weighted by Gasteiger charge is -2.59. The first-order valence-corrected chi connectivity index (χ1v) is 14.1. The van der Waals surface area contributed by atoms with Crippen LogP contribution < -0.4 is 25.6 Å². The van der Waals surface area contributed by atoms with Crippen LogP contribution in [0, 0.1) is 23.2 Å². The first-order valence-electron chi connectivity index (χ1n) is 14.1. The molecule has 9 nitrogen and oxygen atoms in total. The van der Waals surface area contributed by atoms with Crippen LogP contribution in [0.2, 0.25) is 0 Å². The van der Waals surface area contributed by atoms with Gasteiger partial charge in [0.05, 0.1) is 18.5 Å². The molecule has 4 saturated carbocycles. The molecule has 0 radical (unpaired) electrons. The molecule has 3 amide bonds. The fraction of sp³-hybridized carbons (Fsp3) is 0.419. The van der Waals surface area contributed by atoms with E-state index in [2.05, 4.69) is 20.2 Å². The van der Waals surface area contributed by atoms with Gasteiger partial charge in [-0.2, -0.15) is 0 Å². The number of urea groups is 1. The molecule has 4 bridgehead atoms. The minimum atomic E-state index is -0.362. The number of fused-ring (bicyclic) bond motifs is 1. The van der Waals surface area contributed by atoms with Crippen molar-refractivity contribution in [2.45, 2.75) is 38.1 Å². The number of rotatable bonds is 5. The molecule has 40 heavy (non-hydrogen) atoms. The fourth-order valence-corrected chi connectivity index (χ4v) is 7.96. The number of nitrogens with zero attached hydrogens (tertiary/aromatic N) is 4. The number of aromatic nitrogens is 2. The lowest BCUT2D eigenvalue weighted by Crippen LogP contribution is -2.63. The van der Waals surface area contributed by atoms with Crippen molar-refractivity contribution in [3.8, 4) is 16.9 Å². The Morgan fingerprint density at radius 2 is 1.60 bits per heavy atom. The Morgan fingerprint density at radius 3 is 2.25 bits per heavy atom. The number of ether oxygens (including phenoxy) is 1. The van der Waals surface area contributed by atoms with Crippen molar-refractivity contribution in [3.05, 3.63) is 60.9 Å². The number of nitrogens with one attached hydrogen (secondary N) is 1. The SMILES string of the molecule is COc1ccc(-c2cnc(N3CCN(C(=O)NC4[C@@H]5CC6C[C@H]4CC(C(N)=O)(C6)C5)c4ccccc43)nc2)cc1. The van der Waals surface area contributed by atoms with Gasteiger partial charge in [0.2, 0.25) is 11.9 Å². The van der Waals surface area contributed by atoms with E-state index < -0.39 is 0 Å². The first-order chi connectivity index (χ1) is 19.4. The van der Waals surface area contributed by atoms with E-state index in [4.69, 9.17) is 10.5 Å². The van der Waals surface area contributed by atoms with E-state index in [-0.39, 0.29) is 23.4 Å². The third kappa shape index (κ3) is 4.06. The van der Waals surface area contributed by atoms with Gasteiger partial charge in [-0.15, -0.1) is 0 Å². The summed E-state index contributed by atoms with van der Waals surface area (Å²) in [5, 5.41) is 3.39. The number of para-hydroxylation sites is 2. The van der Waals surface area contributed by atoms with Gasteiger partial charge in [-0.3, -0.25) is 9.69 Å². The summed E-state index contributed by atoms with van der Waals surface area (Å²) in [5.74, 6) is 2.44. The lowest BCUT2D eigenvalue weighted by atomic mass is 9.47. The van der Waals surface area contributed by atoms with Gasteiger partial charge in [-0.1, -0.05) is 24.3 Å². The number of primary amides is 1. The number of anilines is 3. The molecule has 3 N–H and O–H groups in total. The average molecular weight is 539 g/mol. The van der Waals surface area contributed by atoms with E-state index in [1.165, 1.54) is 0 Å². The van der Waals surface area contributed by atoms with Gasteiger partial charge < -0.3 is 20.7 Å². The second kappa shape index (κ2) is 9.50. The molecule has 1 aliphatic heterocycles. The molecule has 9 heteroatoms. The van der Waals surface area contributed by atoms with Gasteiger partial charge in [0.25, 0.3) is 0 Å². The smallest absolute Gasteiger partial charge is 0.322 e. The first kappa shape index (κ1) is 24.9. The zero-order chi connectivity index (χ0) is 27.4. The minimum absolute atomic E-state index is 0.0755. The van der Waals surface area contributed by atoms with Gasteiger partial charge in [-0.05, 0) is 79.7 Å². The van der Waals surface area contributed by atoms with Crippen molar-refractivity contribution in [2.24, 2.45) is 28.9 Å². The molecule has 4 fully saturated rings. The molecular weight excluding hydrogens is 504 g/mol. The van der Waals surface area contributed by atoms with Crippen molar-refractivity contribution in [1.82, 2.24) is 15.3 Å². The van der Waals surface area contributed by atoms with Crippen LogP contribution in [-0.4, -0.2) is 48.1 Å². The summed E-state index contributed by atoms with van der Waals surface area (Å²) in [5.41, 5.74) is 9.18. The van der Waals surface area contributed by atoms with Crippen molar-refractivity contribution in [1.29, 1.82) is 0 Å². The molecule has 1 aromatic heterocycles. The van der Waals surface area contributed by atoms with Crippen molar-refractivity contribution >= 4 is 29.3 Å². The summed E-state index contributed by atoms with van der Waals surface area (Å²) in [6.45, 7) is 1.10. The molecule has 206 valence electrons. The zero-order valence-corrected chi connectivity index (χ0v) is 22.6. The highest BCUT2D eigenvalue weighted by atomic mass is 16.5. The van der Waals surface area contributed by atoms with Crippen molar-refractivity contribution in [2.75, 3.05) is 30.0 Å². The van der Waals surface area contributed by atoms with Crippen LogP contribution in [0.1, 0.15) is 32.1 Å². The van der Waals surface area contributed by atoms with Crippen LogP contribution >= 0.6 is 0 Å². The fourth-order valence-electron chi connectivity index (χ4n) is 7.96. The minimum Gasteiger partial charge on any atom is -0.497 e. The Kier molecular flexibility index (Phi) is 5.91. The van der Waals surface area contributed by atoms with Crippen molar-refractivity contribution in [3.63, 3.8) is 0 Å². The summed E-state index contributed by atoms with van der Waals surface area (Å²) in [4.78, 5) is 39.3. The molecule has 5 atom stereocenters. The van der Waals surface area contributed by atoms with Gasteiger partial charge >= 0.3 is 6.03 Å². The average Bonchev–Trinajstić information content (AvgIpc) is 2.98. The maximum Gasteiger partial charge on any atom is 0.322 e. The Labute approximate surface area is 233 Å². The highest BCUT2D eigenvalue weighted by Gasteiger charge is 2.58. The van der Waals surface area contributed by atoms with E-state index in [0.717, 1.165) is 60.4 Å².